The summed E-state index contributed by atoms with van der Waals surface area (Å²) in [6, 6.07) is 0. The number of halogens is 1. The number of guanidine groups is 1. The van der Waals surface area contributed by atoms with Gasteiger partial charge in [0.05, 0.1) is 16.7 Å². The minimum atomic E-state index is -3.04. The average Bonchev–Trinajstić information content (AvgIpc) is 2.80. The monoisotopic (exact) mass is 441 g/mol. The smallest absolute Gasteiger partial charge is 0.193 e. The van der Waals surface area contributed by atoms with Gasteiger partial charge in [0.15, 0.2) is 15.8 Å². The van der Waals surface area contributed by atoms with Crippen LogP contribution in [0.25, 0.3) is 0 Å². The van der Waals surface area contributed by atoms with Crippen molar-refractivity contribution in [1.29, 1.82) is 0 Å². The number of nitrogens with zero attached hydrogens (tertiary/aromatic N) is 4. The average molecular weight is 441 g/mol. The minimum Gasteiger partial charge on any atom is -0.352 e. The largest absolute Gasteiger partial charge is 0.352 e. The molecule has 9 heteroatoms. The molecule has 0 aromatic carbocycles. The molecule has 1 N–H and O–H groups in total. The van der Waals surface area contributed by atoms with E-state index in [4.69, 9.17) is 0 Å². The topological polar surface area (TPSA) is 79.6 Å². The van der Waals surface area contributed by atoms with Crippen LogP contribution in [-0.4, -0.2) is 59.7 Å². The van der Waals surface area contributed by atoms with Crippen LogP contribution in [-0.2, 0) is 23.4 Å². The van der Waals surface area contributed by atoms with Gasteiger partial charge in [-0.2, -0.15) is 5.10 Å². The van der Waals surface area contributed by atoms with Gasteiger partial charge < -0.3 is 10.2 Å². The van der Waals surface area contributed by atoms with E-state index in [2.05, 4.69) is 15.4 Å². The molecule has 0 spiro atoms. The van der Waals surface area contributed by atoms with Crippen molar-refractivity contribution in [1.82, 2.24) is 20.0 Å². The van der Waals surface area contributed by atoms with Crippen LogP contribution in [0.1, 0.15) is 19.4 Å². The third-order valence-corrected chi connectivity index (χ3v) is 6.30. The first kappa shape index (κ1) is 19.2. The molecule has 2 rings (SSSR count). The Morgan fingerprint density at radius 1 is 1.50 bits per heavy atom. The predicted molar refractivity (Wildman–Crippen MR) is 98.3 cm³/mol. The number of hydrogen-bond donors (Lipinski definition) is 1. The summed E-state index contributed by atoms with van der Waals surface area (Å²) in [7, 11) is 0.544. The molecule has 0 bridgehead atoms. The fraction of sp³-hybridized carbons (Fsp3) is 0.692. The molecule has 0 aliphatic carbocycles. The Labute approximate surface area is 149 Å². The van der Waals surface area contributed by atoms with Gasteiger partial charge in [0.1, 0.15) is 0 Å². The molecule has 1 saturated heterocycles. The lowest BCUT2D eigenvalue weighted by Crippen LogP contribution is -2.57. The van der Waals surface area contributed by atoms with Gasteiger partial charge in [-0.1, -0.05) is 0 Å². The molecule has 126 valence electrons. The lowest BCUT2D eigenvalue weighted by atomic mass is 10.2. The highest BCUT2D eigenvalue weighted by Crippen LogP contribution is 2.23. The summed E-state index contributed by atoms with van der Waals surface area (Å²) in [6.07, 6.45) is 3.73. The molecule has 0 atom stereocenters. The second-order valence-corrected chi connectivity index (χ2v) is 8.67. The molecule has 1 aliphatic heterocycles. The Bertz CT molecular complexity index is 639. The van der Waals surface area contributed by atoms with Crippen molar-refractivity contribution >= 4 is 39.8 Å². The van der Waals surface area contributed by atoms with Crippen molar-refractivity contribution in [3.8, 4) is 0 Å². The van der Waals surface area contributed by atoms with Crippen molar-refractivity contribution in [3.63, 3.8) is 0 Å². The van der Waals surface area contributed by atoms with E-state index in [1.165, 1.54) is 0 Å². The van der Waals surface area contributed by atoms with E-state index in [0.717, 1.165) is 11.5 Å². The summed E-state index contributed by atoms with van der Waals surface area (Å²) >= 11 is 0. The minimum absolute atomic E-state index is 0. The van der Waals surface area contributed by atoms with Crippen LogP contribution >= 0.6 is 24.0 Å². The van der Waals surface area contributed by atoms with Crippen molar-refractivity contribution in [2.75, 3.05) is 25.9 Å². The number of rotatable bonds is 2. The van der Waals surface area contributed by atoms with Gasteiger partial charge >= 0.3 is 0 Å². The van der Waals surface area contributed by atoms with Crippen molar-refractivity contribution in [2.24, 2.45) is 12.0 Å². The Morgan fingerprint density at radius 2 is 2.18 bits per heavy atom. The molecular weight excluding hydrogens is 417 g/mol. The zero-order valence-corrected chi connectivity index (χ0v) is 16.6. The maximum atomic E-state index is 12.0. The third-order valence-electron chi connectivity index (χ3n) is 3.76. The first-order valence-corrected chi connectivity index (χ1v) is 8.56. The van der Waals surface area contributed by atoms with Crippen LogP contribution in [0.4, 0.5) is 0 Å². The van der Waals surface area contributed by atoms with Gasteiger partial charge in [-0.25, -0.2) is 8.42 Å². The number of sulfone groups is 1. The Kier molecular flexibility index (Phi) is 6.25. The first-order valence-electron chi connectivity index (χ1n) is 6.90. The summed E-state index contributed by atoms with van der Waals surface area (Å²) in [5.74, 6) is 0.884. The molecule has 1 aliphatic rings. The van der Waals surface area contributed by atoms with Gasteiger partial charge in [-0.05, 0) is 13.8 Å². The normalized spacial score (nSPS) is 20.4. The maximum absolute atomic E-state index is 12.0. The van der Waals surface area contributed by atoms with Crippen LogP contribution in [0.2, 0.25) is 0 Å². The standard InChI is InChI=1S/C13H23N5O2S.HI/c1-13(2)10-18(5-6-21(13,19)20)12(14-3)15-7-11-8-16-17(4)9-11;/h8-9H,5-7,10H2,1-4H3,(H,14,15);1H. The summed E-state index contributed by atoms with van der Waals surface area (Å²) in [5.41, 5.74) is 1.06. The number of aryl methyl sites for hydroxylation is 1. The van der Waals surface area contributed by atoms with Crippen LogP contribution < -0.4 is 5.32 Å². The number of aromatic nitrogens is 2. The van der Waals surface area contributed by atoms with Crippen LogP contribution in [0.15, 0.2) is 17.4 Å². The molecular formula is C13H24IN5O2S. The SMILES string of the molecule is CN=C(NCc1cnn(C)c1)N1CCS(=O)(=O)C(C)(C)C1.I. The molecule has 0 saturated carbocycles. The van der Waals surface area contributed by atoms with E-state index in [1.54, 1.807) is 31.8 Å². The van der Waals surface area contributed by atoms with Crippen molar-refractivity contribution in [2.45, 2.75) is 25.1 Å². The first-order chi connectivity index (χ1) is 9.75. The van der Waals surface area contributed by atoms with Crippen LogP contribution in [0, 0.1) is 0 Å². The van der Waals surface area contributed by atoms with Gasteiger partial charge in [0, 0.05) is 45.5 Å². The van der Waals surface area contributed by atoms with Gasteiger partial charge in [0.25, 0.3) is 0 Å². The molecule has 0 amide bonds. The molecule has 7 nitrogen and oxygen atoms in total. The molecule has 1 aromatic heterocycles. The van der Waals surface area contributed by atoms with Gasteiger partial charge in [-0.3, -0.25) is 9.67 Å². The highest BCUT2D eigenvalue weighted by Gasteiger charge is 2.40. The van der Waals surface area contributed by atoms with E-state index in [1.807, 2.05) is 18.1 Å². The molecule has 1 aromatic rings. The Hall–Kier alpha value is -0.840. The zero-order chi connectivity index (χ0) is 15.7. The zero-order valence-electron chi connectivity index (χ0n) is 13.4. The fourth-order valence-corrected chi connectivity index (χ4v) is 3.77. The summed E-state index contributed by atoms with van der Waals surface area (Å²) in [4.78, 5) is 6.25. The molecule has 22 heavy (non-hydrogen) atoms. The Balaban J connectivity index is 0.00000242. The number of aliphatic imine (C=N–C) groups is 1. The van der Waals surface area contributed by atoms with Crippen molar-refractivity contribution in [3.05, 3.63) is 18.0 Å². The number of hydrogen-bond acceptors (Lipinski definition) is 4. The van der Waals surface area contributed by atoms with E-state index in [0.29, 0.717) is 19.6 Å². The molecule has 1 fully saturated rings. The summed E-state index contributed by atoms with van der Waals surface area (Å²) in [6.45, 7) is 5.07. The third kappa shape index (κ3) is 4.12. The quantitative estimate of drug-likeness (QED) is 0.414. The summed E-state index contributed by atoms with van der Waals surface area (Å²) in [5, 5.41) is 7.38. The highest BCUT2D eigenvalue weighted by molar-refractivity contribution is 14.0. The maximum Gasteiger partial charge on any atom is 0.193 e. The van der Waals surface area contributed by atoms with E-state index in [-0.39, 0.29) is 29.7 Å². The van der Waals surface area contributed by atoms with E-state index in [9.17, 15) is 8.42 Å². The van der Waals surface area contributed by atoms with Gasteiger partial charge in [0.2, 0.25) is 0 Å². The van der Waals surface area contributed by atoms with E-state index >= 15 is 0 Å². The molecule has 0 radical (unpaired) electrons. The fourth-order valence-electron chi connectivity index (χ4n) is 2.40. The van der Waals surface area contributed by atoms with Crippen LogP contribution in [0.3, 0.4) is 0 Å². The summed E-state index contributed by atoms with van der Waals surface area (Å²) < 4.78 is 25.1. The van der Waals surface area contributed by atoms with Gasteiger partial charge in [-0.15, -0.1) is 24.0 Å². The molecule has 2 heterocycles. The Morgan fingerprint density at radius 3 is 2.68 bits per heavy atom. The number of nitrogens with one attached hydrogen (secondary N) is 1. The van der Waals surface area contributed by atoms with Crippen molar-refractivity contribution < 1.29 is 8.42 Å². The second-order valence-electron chi connectivity index (χ2n) is 5.92. The van der Waals surface area contributed by atoms with E-state index < -0.39 is 14.6 Å². The molecule has 0 unspecified atom stereocenters. The second kappa shape index (κ2) is 7.16. The predicted octanol–water partition coefficient (Wildman–Crippen LogP) is 0.622. The lowest BCUT2D eigenvalue weighted by molar-refractivity contribution is 0.353. The lowest BCUT2D eigenvalue weighted by Gasteiger charge is -2.39. The highest BCUT2D eigenvalue weighted by atomic mass is 127. The van der Waals surface area contributed by atoms with Crippen LogP contribution in [0.5, 0.6) is 0 Å².